The summed E-state index contributed by atoms with van der Waals surface area (Å²) in [6.07, 6.45) is 6.18. The molecule has 0 saturated heterocycles. The Kier molecular flexibility index (Phi) is 5.72. The lowest BCUT2D eigenvalue weighted by Crippen LogP contribution is -2.33. The average molecular weight is 441 g/mol. The van der Waals surface area contributed by atoms with Gasteiger partial charge in [0.15, 0.2) is 5.76 Å². The molecule has 33 heavy (non-hydrogen) atoms. The third-order valence-electron chi connectivity index (χ3n) is 5.64. The predicted molar refractivity (Wildman–Crippen MR) is 127 cm³/mol. The summed E-state index contributed by atoms with van der Waals surface area (Å²) in [5.74, 6) is 2.18. The zero-order chi connectivity index (χ0) is 22.6. The van der Waals surface area contributed by atoms with Crippen molar-refractivity contribution in [3.8, 4) is 11.3 Å². The summed E-state index contributed by atoms with van der Waals surface area (Å²) in [5, 5.41) is 11.8. The van der Waals surface area contributed by atoms with Gasteiger partial charge in [0.2, 0.25) is 0 Å². The van der Waals surface area contributed by atoms with Crippen LogP contribution in [0.2, 0.25) is 0 Å². The zero-order valence-corrected chi connectivity index (χ0v) is 18.5. The van der Waals surface area contributed by atoms with Crippen LogP contribution in [0.25, 0.3) is 11.3 Å². The summed E-state index contributed by atoms with van der Waals surface area (Å²) in [6, 6.07) is 18.1. The van der Waals surface area contributed by atoms with Gasteiger partial charge in [0.05, 0.1) is 44.9 Å². The highest BCUT2D eigenvalue weighted by molar-refractivity contribution is 5.98. The SMILES string of the molecule is COC1=C(OC)CC2C(=C1)NC=NC2=Nc1cccc(-c2cn(Cc3ccccc3)nn2)c1. The normalized spacial score (nSPS) is 18.5. The number of nitrogens with zero attached hydrogens (tertiary/aromatic N) is 5. The molecular weight excluding hydrogens is 416 g/mol. The molecule has 2 aromatic carbocycles. The molecule has 8 nitrogen and oxygen atoms in total. The van der Waals surface area contributed by atoms with E-state index in [1.807, 2.05) is 59.4 Å². The standard InChI is InChI=1S/C25H24N6O2/c1-32-23-12-20-21(13-24(23)33-2)26-16-27-25(20)28-19-10-6-9-18(11-19)22-15-31(30-29-22)14-17-7-4-3-5-8-17/h3-11,13,15-16,20H,12,14H2,1-2H3,(H,26,27,28). The smallest absolute Gasteiger partial charge is 0.158 e. The van der Waals surface area contributed by atoms with Crippen LogP contribution in [-0.2, 0) is 16.0 Å². The molecule has 1 aromatic heterocycles. The number of rotatable bonds is 6. The summed E-state index contributed by atoms with van der Waals surface area (Å²) in [5.41, 5.74) is 4.72. The Morgan fingerprint density at radius 3 is 2.79 bits per heavy atom. The number of amidine groups is 1. The maximum Gasteiger partial charge on any atom is 0.158 e. The molecule has 0 fully saturated rings. The van der Waals surface area contributed by atoms with E-state index in [9.17, 15) is 0 Å². The lowest BCUT2D eigenvalue weighted by atomic mass is 9.92. The second-order valence-corrected chi connectivity index (χ2v) is 7.76. The fourth-order valence-corrected chi connectivity index (χ4v) is 3.96. The Hall–Kier alpha value is -4.20. The number of hydrogen-bond acceptors (Lipinski definition) is 6. The number of ether oxygens (including phenoxy) is 2. The monoisotopic (exact) mass is 440 g/mol. The first-order valence-corrected chi connectivity index (χ1v) is 10.7. The van der Waals surface area contributed by atoms with Gasteiger partial charge in [-0.1, -0.05) is 47.7 Å². The van der Waals surface area contributed by atoms with Crippen LogP contribution in [0.4, 0.5) is 5.69 Å². The van der Waals surface area contributed by atoms with Crippen LogP contribution in [0.3, 0.4) is 0 Å². The molecule has 0 spiro atoms. The van der Waals surface area contributed by atoms with E-state index < -0.39 is 0 Å². The van der Waals surface area contributed by atoms with Gasteiger partial charge in [0, 0.05) is 23.8 Å². The van der Waals surface area contributed by atoms with E-state index in [4.69, 9.17) is 14.5 Å². The quantitative estimate of drug-likeness (QED) is 0.625. The van der Waals surface area contributed by atoms with E-state index in [1.54, 1.807) is 20.6 Å². The topological polar surface area (TPSA) is 85.9 Å². The number of allylic oxidation sites excluding steroid dienone is 2. The second-order valence-electron chi connectivity index (χ2n) is 7.76. The molecule has 0 amide bonds. The molecule has 0 radical (unpaired) electrons. The van der Waals surface area contributed by atoms with Gasteiger partial charge >= 0.3 is 0 Å². The number of methoxy groups -OCH3 is 2. The fraction of sp³-hybridized carbons (Fsp3) is 0.200. The summed E-state index contributed by atoms with van der Waals surface area (Å²) in [4.78, 5) is 9.35. The van der Waals surface area contributed by atoms with Gasteiger partial charge in [-0.25, -0.2) is 14.7 Å². The van der Waals surface area contributed by atoms with Crippen molar-refractivity contribution in [3.63, 3.8) is 0 Å². The average Bonchev–Trinajstić information content (AvgIpc) is 3.32. The first-order valence-electron chi connectivity index (χ1n) is 10.7. The largest absolute Gasteiger partial charge is 0.497 e. The van der Waals surface area contributed by atoms with E-state index in [1.165, 1.54) is 5.56 Å². The highest BCUT2D eigenvalue weighted by Gasteiger charge is 2.30. The molecule has 1 N–H and O–H groups in total. The van der Waals surface area contributed by atoms with Crippen LogP contribution in [0.1, 0.15) is 12.0 Å². The number of aliphatic imine (C=N–C) groups is 2. The van der Waals surface area contributed by atoms with Crippen LogP contribution < -0.4 is 5.32 Å². The molecule has 5 rings (SSSR count). The molecule has 3 aromatic rings. The fourth-order valence-electron chi connectivity index (χ4n) is 3.96. The highest BCUT2D eigenvalue weighted by Crippen LogP contribution is 2.33. The second kappa shape index (κ2) is 9.12. The van der Waals surface area contributed by atoms with E-state index in [-0.39, 0.29) is 5.92 Å². The Balaban J connectivity index is 1.39. The minimum atomic E-state index is -0.0285. The molecule has 1 aliphatic carbocycles. The Morgan fingerprint density at radius 2 is 1.97 bits per heavy atom. The number of hydrogen-bond donors (Lipinski definition) is 1. The minimum absolute atomic E-state index is 0.0285. The highest BCUT2D eigenvalue weighted by atomic mass is 16.5. The maximum atomic E-state index is 5.52. The van der Waals surface area contributed by atoms with E-state index >= 15 is 0 Å². The Morgan fingerprint density at radius 1 is 1.09 bits per heavy atom. The van der Waals surface area contributed by atoms with Gasteiger partial charge in [-0.3, -0.25) is 0 Å². The first kappa shape index (κ1) is 20.7. The van der Waals surface area contributed by atoms with E-state index in [0.29, 0.717) is 18.7 Å². The van der Waals surface area contributed by atoms with Gasteiger partial charge in [-0.2, -0.15) is 0 Å². The van der Waals surface area contributed by atoms with Crippen LogP contribution in [0, 0.1) is 5.92 Å². The Bertz CT molecular complexity index is 1270. The van der Waals surface area contributed by atoms with E-state index in [0.717, 1.165) is 34.2 Å². The molecular formula is C25H24N6O2. The van der Waals surface area contributed by atoms with Crippen molar-refractivity contribution in [2.75, 3.05) is 14.2 Å². The van der Waals surface area contributed by atoms with Crippen molar-refractivity contribution in [1.29, 1.82) is 0 Å². The molecule has 1 unspecified atom stereocenters. The first-order chi connectivity index (χ1) is 16.2. The van der Waals surface area contributed by atoms with Gasteiger partial charge in [-0.05, 0) is 17.7 Å². The number of fused-ring (bicyclic) bond motifs is 1. The molecule has 2 heterocycles. The van der Waals surface area contributed by atoms with Gasteiger partial charge < -0.3 is 14.8 Å². The summed E-state index contributed by atoms with van der Waals surface area (Å²) < 4.78 is 12.8. The van der Waals surface area contributed by atoms with Crippen LogP contribution >= 0.6 is 0 Å². The van der Waals surface area contributed by atoms with Crippen molar-refractivity contribution >= 4 is 17.9 Å². The van der Waals surface area contributed by atoms with Gasteiger partial charge in [0.25, 0.3) is 0 Å². The lowest BCUT2D eigenvalue weighted by molar-refractivity contribution is 0.212. The summed E-state index contributed by atoms with van der Waals surface area (Å²) in [6.45, 7) is 0.674. The van der Waals surface area contributed by atoms with Crippen molar-refractivity contribution in [2.45, 2.75) is 13.0 Å². The summed E-state index contributed by atoms with van der Waals surface area (Å²) >= 11 is 0. The Labute approximate surface area is 192 Å². The van der Waals surface area contributed by atoms with Crippen LogP contribution in [0.5, 0.6) is 0 Å². The molecule has 0 bridgehead atoms. The maximum absolute atomic E-state index is 5.52. The van der Waals surface area contributed by atoms with Crippen molar-refractivity contribution in [2.24, 2.45) is 15.9 Å². The lowest BCUT2D eigenvalue weighted by Gasteiger charge is -2.28. The molecule has 8 heteroatoms. The van der Waals surface area contributed by atoms with E-state index in [2.05, 4.69) is 32.8 Å². The molecule has 2 aliphatic rings. The molecule has 1 atom stereocenters. The minimum Gasteiger partial charge on any atom is -0.497 e. The van der Waals surface area contributed by atoms with Crippen molar-refractivity contribution in [3.05, 3.63) is 89.6 Å². The molecule has 166 valence electrons. The predicted octanol–water partition coefficient (Wildman–Crippen LogP) is 4.06. The van der Waals surface area contributed by atoms with Crippen LogP contribution in [-0.4, -0.2) is 41.4 Å². The molecule has 0 saturated carbocycles. The van der Waals surface area contributed by atoms with Crippen molar-refractivity contribution < 1.29 is 9.47 Å². The van der Waals surface area contributed by atoms with Gasteiger partial charge in [0.1, 0.15) is 17.3 Å². The molecule has 1 aliphatic heterocycles. The number of benzene rings is 2. The zero-order valence-electron chi connectivity index (χ0n) is 18.5. The third kappa shape index (κ3) is 4.41. The number of nitrogens with one attached hydrogen (secondary N) is 1. The van der Waals surface area contributed by atoms with Gasteiger partial charge in [-0.15, -0.1) is 5.10 Å². The van der Waals surface area contributed by atoms with Crippen LogP contribution in [0.15, 0.2) is 94.1 Å². The number of aromatic nitrogens is 3. The third-order valence-corrected chi connectivity index (χ3v) is 5.64. The summed E-state index contributed by atoms with van der Waals surface area (Å²) in [7, 11) is 3.29. The van der Waals surface area contributed by atoms with Crippen molar-refractivity contribution in [1.82, 2.24) is 20.3 Å².